The highest BCUT2D eigenvalue weighted by atomic mass is 32.2. The average Bonchev–Trinajstić information content (AvgIpc) is 2.84. The van der Waals surface area contributed by atoms with Crippen molar-refractivity contribution >= 4 is 28.4 Å². The van der Waals surface area contributed by atoms with Crippen LogP contribution in [-0.2, 0) is 17.5 Å². The largest absolute Gasteiger partial charge is 0.334 e. The molecule has 3 aromatic carbocycles. The van der Waals surface area contributed by atoms with Crippen LogP contribution in [0, 0.1) is 5.82 Å². The molecule has 0 saturated heterocycles. The van der Waals surface area contributed by atoms with Crippen LogP contribution in [0.2, 0.25) is 0 Å². The van der Waals surface area contributed by atoms with Crippen LogP contribution in [-0.4, -0.2) is 15.2 Å². The summed E-state index contributed by atoms with van der Waals surface area (Å²) < 4.78 is 29.6. The molecule has 3 N–H and O–H groups in total. The van der Waals surface area contributed by atoms with Crippen molar-refractivity contribution in [1.82, 2.24) is 10.3 Å². The summed E-state index contributed by atoms with van der Waals surface area (Å²) in [6, 6.07) is 23.5. The molecule has 6 nitrogen and oxygen atoms in total. The minimum atomic E-state index is -1.57. The maximum Gasteiger partial charge on any atom is 0.319 e. The maximum atomic E-state index is 13.7. The first-order valence-electron chi connectivity index (χ1n) is 10.2. The predicted octanol–water partition coefficient (Wildman–Crippen LogP) is 5.34. The number of hydrogen-bond donors (Lipinski definition) is 3. The van der Waals surface area contributed by atoms with Gasteiger partial charge in [0.25, 0.3) is 0 Å². The highest BCUT2D eigenvalue weighted by Gasteiger charge is 2.12. The lowest BCUT2D eigenvalue weighted by molar-refractivity contribution is 0.251. The molecule has 0 radical (unpaired) electrons. The zero-order valence-corrected chi connectivity index (χ0v) is 18.3. The summed E-state index contributed by atoms with van der Waals surface area (Å²) in [4.78, 5) is 16.6. The molecule has 0 aliphatic heterocycles. The van der Waals surface area contributed by atoms with E-state index < -0.39 is 11.0 Å². The molecule has 0 bridgehead atoms. The number of halogens is 1. The maximum absolute atomic E-state index is 13.7. The number of nitrogens with one attached hydrogen (secondary N) is 3. The number of anilines is 2. The highest BCUT2D eigenvalue weighted by molar-refractivity contribution is 7.86. The quantitative estimate of drug-likeness (QED) is 0.348. The number of amides is 2. The SMILES string of the molecule is O=C(NCc1cccnc1)Nc1ccc(NS(=O)c2ccccc2-c2cccc(F)c2)cc1. The highest BCUT2D eigenvalue weighted by Crippen LogP contribution is 2.27. The van der Waals surface area contributed by atoms with E-state index in [1.54, 1.807) is 73.1 Å². The molecule has 33 heavy (non-hydrogen) atoms. The summed E-state index contributed by atoms with van der Waals surface area (Å²) in [7, 11) is -1.57. The molecule has 8 heteroatoms. The van der Waals surface area contributed by atoms with Gasteiger partial charge in [-0.05, 0) is 65.2 Å². The Labute approximate surface area is 193 Å². The van der Waals surface area contributed by atoms with E-state index in [1.807, 2.05) is 12.1 Å². The van der Waals surface area contributed by atoms with Gasteiger partial charge in [-0.2, -0.15) is 0 Å². The lowest BCUT2D eigenvalue weighted by Crippen LogP contribution is -2.28. The molecule has 4 aromatic rings. The van der Waals surface area contributed by atoms with Gasteiger partial charge in [-0.15, -0.1) is 0 Å². The van der Waals surface area contributed by atoms with Gasteiger partial charge in [-0.25, -0.2) is 13.4 Å². The fraction of sp³-hybridized carbons (Fsp3) is 0.0400. The Hall–Kier alpha value is -4.04. The summed E-state index contributed by atoms with van der Waals surface area (Å²) in [6.45, 7) is 0.364. The summed E-state index contributed by atoms with van der Waals surface area (Å²) in [5, 5.41) is 5.51. The van der Waals surface area contributed by atoms with Crippen LogP contribution < -0.4 is 15.4 Å². The van der Waals surface area contributed by atoms with Crippen LogP contribution in [0.1, 0.15) is 5.56 Å². The predicted molar refractivity (Wildman–Crippen MR) is 128 cm³/mol. The number of aromatic nitrogens is 1. The van der Waals surface area contributed by atoms with Crippen LogP contribution in [0.25, 0.3) is 11.1 Å². The third-order valence-corrected chi connectivity index (χ3v) is 5.93. The lowest BCUT2D eigenvalue weighted by Gasteiger charge is -2.12. The average molecular weight is 461 g/mol. The van der Waals surface area contributed by atoms with E-state index in [2.05, 4.69) is 20.3 Å². The zero-order valence-electron chi connectivity index (χ0n) is 17.5. The molecule has 1 unspecified atom stereocenters. The van der Waals surface area contributed by atoms with Crippen LogP contribution in [0.4, 0.5) is 20.6 Å². The molecule has 0 spiro atoms. The van der Waals surface area contributed by atoms with Gasteiger partial charge in [0.1, 0.15) is 5.82 Å². The van der Waals surface area contributed by atoms with E-state index >= 15 is 0 Å². The first-order valence-corrected chi connectivity index (χ1v) is 11.3. The van der Waals surface area contributed by atoms with E-state index in [0.717, 1.165) is 5.56 Å². The van der Waals surface area contributed by atoms with Gasteiger partial charge >= 0.3 is 6.03 Å². The molecule has 2 amide bonds. The lowest BCUT2D eigenvalue weighted by atomic mass is 10.1. The third-order valence-electron chi connectivity index (χ3n) is 4.75. The van der Waals surface area contributed by atoms with Crippen LogP contribution in [0.15, 0.2) is 102 Å². The van der Waals surface area contributed by atoms with E-state index in [4.69, 9.17) is 0 Å². The van der Waals surface area contributed by atoms with Gasteiger partial charge in [-0.1, -0.05) is 36.4 Å². The minimum Gasteiger partial charge on any atom is -0.334 e. The topological polar surface area (TPSA) is 83.1 Å². The van der Waals surface area contributed by atoms with Gasteiger partial charge in [0.05, 0.1) is 4.90 Å². The fourth-order valence-electron chi connectivity index (χ4n) is 3.17. The first-order chi connectivity index (χ1) is 16.1. The van der Waals surface area contributed by atoms with Gasteiger partial charge in [0.2, 0.25) is 0 Å². The molecule has 0 fully saturated rings. The molecular formula is C25H21FN4O2S. The number of benzene rings is 3. The minimum absolute atomic E-state index is 0.341. The van der Waals surface area contributed by atoms with Crippen molar-refractivity contribution in [3.63, 3.8) is 0 Å². The second-order valence-electron chi connectivity index (χ2n) is 7.12. The van der Waals surface area contributed by atoms with Crippen molar-refractivity contribution in [1.29, 1.82) is 0 Å². The summed E-state index contributed by atoms with van der Waals surface area (Å²) in [5.41, 5.74) is 3.44. The van der Waals surface area contributed by atoms with E-state index in [0.29, 0.717) is 33.9 Å². The molecule has 4 rings (SSSR count). The van der Waals surface area contributed by atoms with Gasteiger partial charge < -0.3 is 15.4 Å². The Balaban J connectivity index is 1.38. The molecule has 0 aliphatic carbocycles. The number of carbonyl (C=O) groups excluding carboxylic acids is 1. The van der Waals surface area contributed by atoms with Crippen molar-refractivity contribution in [2.24, 2.45) is 0 Å². The number of pyridine rings is 1. The van der Waals surface area contributed by atoms with Crippen LogP contribution in [0.5, 0.6) is 0 Å². The monoisotopic (exact) mass is 460 g/mol. The van der Waals surface area contributed by atoms with Gasteiger partial charge in [0, 0.05) is 30.3 Å². The van der Waals surface area contributed by atoms with E-state index in [1.165, 1.54) is 12.1 Å². The standard InChI is InChI=1S/C25H21FN4O2S/c26-20-7-3-6-19(15-20)23-8-1-2-9-24(23)33(32)30-22-12-10-21(11-13-22)29-25(31)28-17-18-5-4-14-27-16-18/h1-16,30H,17H2,(H2,28,29,31). The number of urea groups is 1. The molecular weight excluding hydrogens is 439 g/mol. The van der Waals surface area contributed by atoms with Crippen molar-refractivity contribution in [3.8, 4) is 11.1 Å². The second kappa shape index (κ2) is 10.5. The van der Waals surface area contributed by atoms with E-state index in [-0.39, 0.29) is 11.8 Å². The van der Waals surface area contributed by atoms with Crippen LogP contribution in [0.3, 0.4) is 0 Å². The Kier molecular flexibility index (Phi) is 7.06. The fourth-order valence-corrected chi connectivity index (χ4v) is 4.21. The van der Waals surface area contributed by atoms with Gasteiger partial charge in [0.15, 0.2) is 11.0 Å². The number of rotatable bonds is 7. The summed E-state index contributed by atoms with van der Waals surface area (Å²) in [5.74, 6) is -0.353. The Morgan fingerprint density at radius 3 is 2.45 bits per heavy atom. The normalized spacial score (nSPS) is 11.4. The Morgan fingerprint density at radius 1 is 0.909 bits per heavy atom. The third kappa shape index (κ3) is 6.02. The smallest absolute Gasteiger partial charge is 0.319 e. The Morgan fingerprint density at radius 2 is 1.70 bits per heavy atom. The van der Waals surface area contributed by atoms with Crippen molar-refractivity contribution in [2.45, 2.75) is 11.4 Å². The van der Waals surface area contributed by atoms with Crippen LogP contribution >= 0.6 is 0 Å². The first kappa shape index (κ1) is 22.2. The number of hydrogen-bond acceptors (Lipinski definition) is 3. The number of carbonyl (C=O) groups is 1. The molecule has 1 aromatic heterocycles. The molecule has 0 saturated carbocycles. The van der Waals surface area contributed by atoms with Crippen molar-refractivity contribution < 1.29 is 13.4 Å². The van der Waals surface area contributed by atoms with Crippen molar-refractivity contribution in [2.75, 3.05) is 10.0 Å². The second-order valence-corrected chi connectivity index (χ2v) is 8.31. The molecule has 0 aliphatic rings. The summed E-state index contributed by atoms with van der Waals surface area (Å²) in [6.07, 6.45) is 3.36. The molecule has 166 valence electrons. The molecule has 1 atom stereocenters. The van der Waals surface area contributed by atoms with Crippen molar-refractivity contribution in [3.05, 3.63) is 109 Å². The number of nitrogens with zero attached hydrogens (tertiary/aromatic N) is 1. The Bertz CT molecular complexity index is 1270. The zero-order chi connectivity index (χ0) is 23.0. The molecule has 1 heterocycles. The van der Waals surface area contributed by atoms with Gasteiger partial charge in [-0.3, -0.25) is 4.98 Å². The van der Waals surface area contributed by atoms with E-state index in [9.17, 15) is 13.4 Å². The summed E-state index contributed by atoms with van der Waals surface area (Å²) >= 11 is 0.